The van der Waals surface area contributed by atoms with Gasteiger partial charge in [-0.3, -0.25) is 4.99 Å². The van der Waals surface area contributed by atoms with E-state index in [2.05, 4.69) is 40.7 Å². The first-order chi connectivity index (χ1) is 15.1. The number of hydrogen-bond donors (Lipinski definition) is 2. The van der Waals surface area contributed by atoms with E-state index in [1.807, 2.05) is 0 Å². The molecule has 0 saturated carbocycles. The fraction of sp³-hybridized carbons (Fsp3) is 0.458. The Bertz CT molecular complexity index is 858. The highest BCUT2D eigenvalue weighted by Crippen LogP contribution is 2.23. The van der Waals surface area contributed by atoms with E-state index in [0.717, 1.165) is 42.1 Å². The first-order valence-electron chi connectivity index (χ1n) is 10.6. The number of rotatable bonds is 9. The second-order valence-corrected chi connectivity index (χ2v) is 7.73. The fourth-order valence-corrected chi connectivity index (χ4v) is 3.47. The first kappa shape index (κ1) is 26.3. The standard InChI is InChI=1S/C24H32FN3O3.HI/c1-17-4-5-20(22(12-17)31-16-18-10-11-30-15-18)13-27-24(26-2)28-14-23(29-3)19-6-8-21(25)9-7-19;/h4-9,12,18,23H,10-11,13-16H2,1-3H3,(H2,26,27,28);1H. The predicted molar refractivity (Wildman–Crippen MR) is 135 cm³/mol. The van der Waals surface area contributed by atoms with Crippen molar-refractivity contribution >= 4 is 29.9 Å². The molecule has 3 rings (SSSR count). The maximum absolute atomic E-state index is 13.2. The second kappa shape index (κ2) is 13.6. The van der Waals surface area contributed by atoms with Crippen molar-refractivity contribution in [2.75, 3.05) is 40.5 Å². The van der Waals surface area contributed by atoms with Crippen LogP contribution in [0.1, 0.15) is 29.2 Å². The minimum absolute atomic E-state index is 0. The SMILES string of the molecule is CN=C(NCc1ccc(C)cc1OCC1CCOC1)NCC(OC)c1ccc(F)cc1.I. The summed E-state index contributed by atoms with van der Waals surface area (Å²) in [6.07, 6.45) is 0.830. The van der Waals surface area contributed by atoms with E-state index in [1.165, 1.54) is 12.1 Å². The molecule has 2 unspecified atom stereocenters. The topological polar surface area (TPSA) is 64.1 Å². The molecule has 176 valence electrons. The molecule has 1 fully saturated rings. The molecule has 1 saturated heterocycles. The zero-order valence-electron chi connectivity index (χ0n) is 18.9. The summed E-state index contributed by atoms with van der Waals surface area (Å²) in [5, 5.41) is 6.61. The molecular weight excluding hydrogens is 524 g/mol. The van der Waals surface area contributed by atoms with Gasteiger partial charge in [-0.25, -0.2) is 4.39 Å². The van der Waals surface area contributed by atoms with E-state index in [-0.39, 0.29) is 35.9 Å². The van der Waals surface area contributed by atoms with Crippen LogP contribution in [0.4, 0.5) is 4.39 Å². The summed E-state index contributed by atoms with van der Waals surface area (Å²) in [5.41, 5.74) is 3.12. The number of halogens is 2. The van der Waals surface area contributed by atoms with Gasteiger partial charge in [0, 0.05) is 45.3 Å². The Labute approximate surface area is 207 Å². The van der Waals surface area contributed by atoms with Crippen molar-refractivity contribution in [3.8, 4) is 5.75 Å². The van der Waals surface area contributed by atoms with Crippen LogP contribution < -0.4 is 15.4 Å². The first-order valence-corrected chi connectivity index (χ1v) is 10.6. The van der Waals surface area contributed by atoms with Crippen LogP contribution in [0.2, 0.25) is 0 Å². The third-order valence-electron chi connectivity index (χ3n) is 5.37. The van der Waals surface area contributed by atoms with E-state index >= 15 is 0 Å². The third-order valence-corrected chi connectivity index (χ3v) is 5.37. The number of nitrogens with zero attached hydrogens (tertiary/aromatic N) is 1. The molecule has 0 aliphatic carbocycles. The van der Waals surface area contributed by atoms with E-state index < -0.39 is 0 Å². The fourth-order valence-electron chi connectivity index (χ4n) is 3.47. The smallest absolute Gasteiger partial charge is 0.191 e. The average Bonchev–Trinajstić information content (AvgIpc) is 3.30. The lowest BCUT2D eigenvalue weighted by Crippen LogP contribution is -2.39. The van der Waals surface area contributed by atoms with Crippen molar-refractivity contribution in [2.45, 2.75) is 26.0 Å². The second-order valence-electron chi connectivity index (χ2n) is 7.73. The van der Waals surface area contributed by atoms with Gasteiger partial charge in [0.15, 0.2) is 5.96 Å². The average molecular weight is 557 g/mol. The van der Waals surface area contributed by atoms with Gasteiger partial charge in [-0.15, -0.1) is 24.0 Å². The van der Waals surface area contributed by atoms with Gasteiger partial charge in [-0.1, -0.05) is 24.3 Å². The quantitative estimate of drug-likeness (QED) is 0.275. The minimum atomic E-state index is -0.263. The molecule has 2 N–H and O–H groups in total. The molecular formula is C24H33FIN3O3. The molecule has 1 heterocycles. The molecule has 32 heavy (non-hydrogen) atoms. The zero-order valence-corrected chi connectivity index (χ0v) is 21.2. The largest absolute Gasteiger partial charge is 0.493 e. The van der Waals surface area contributed by atoms with Crippen molar-refractivity contribution in [1.82, 2.24) is 10.6 Å². The van der Waals surface area contributed by atoms with Crippen molar-refractivity contribution in [3.05, 3.63) is 65.0 Å². The third kappa shape index (κ3) is 7.90. The van der Waals surface area contributed by atoms with Crippen LogP contribution in [-0.4, -0.2) is 46.5 Å². The van der Waals surface area contributed by atoms with E-state index in [0.29, 0.717) is 31.6 Å². The highest BCUT2D eigenvalue weighted by atomic mass is 127. The maximum Gasteiger partial charge on any atom is 0.191 e. The molecule has 0 radical (unpaired) electrons. The van der Waals surface area contributed by atoms with Crippen LogP contribution in [0.5, 0.6) is 5.75 Å². The molecule has 0 spiro atoms. The molecule has 2 aromatic carbocycles. The number of aliphatic imine (C=N–C) groups is 1. The Morgan fingerprint density at radius 1 is 1.22 bits per heavy atom. The highest BCUT2D eigenvalue weighted by molar-refractivity contribution is 14.0. The van der Waals surface area contributed by atoms with Crippen molar-refractivity contribution in [2.24, 2.45) is 10.9 Å². The molecule has 1 aliphatic rings. The number of methoxy groups -OCH3 is 1. The molecule has 0 aromatic heterocycles. The van der Waals surface area contributed by atoms with Crippen molar-refractivity contribution < 1.29 is 18.6 Å². The van der Waals surface area contributed by atoms with Crippen LogP contribution in [0.25, 0.3) is 0 Å². The lowest BCUT2D eigenvalue weighted by atomic mass is 10.1. The van der Waals surface area contributed by atoms with Crippen LogP contribution >= 0.6 is 24.0 Å². The molecule has 0 amide bonds. The Balaban J connectivity index is 0.00000363. The summed E-state index contributed by atoms with van der Waals surface area (Å²) in [4.78, 5) is 4.29. The summed E-state index contributed by atoms with van der Waals surface area (Å²) in [5.74, 6) is 1.73. The van der Waals surface area contributed by atoms with Gasteiger partial charge in [0.25, 0.3) is 0 Å². The van der Waals surface area contributed by atoms with Crippen LogP contribution in [0.3, 0.4) is 0 Å². The number of guanidine groups is 1. The normalized spacial score (nSPS) is 16.9. The van der Waals surface area contributed by atoms with Crippen molar-refractivity contribution in [1.29, 1.82) is 0 Å². The Morgan fingerprint density at radius 3 is 2.66 bits per heavy atom. The molecule has 0 bridgehead atoms. The van der Waals surface area contributed by atoms with Gasteiger partial charge in [0.05, 0.1) is 19.3 Å². The molecule has 2 aromatic rings. The molecule has 6 nitrogen and oxygen atoms in total. The summed E-state index contributed by atoms with van der Waals surface area (Å²) in [6.45, 7) is 5.38. The molecule has 1 aliphatic heterocycles. The number of benzene rings is 2. The van der Waals surface area contributed by atoms with E-state index in [4.69, 9.17) is 14.2 Å². The van der Waals surface area contributed by atoms with Crippen LogP contribution in [0, 0.1) is 18.7 Å². The van der Waals surface area contributed by atoms with Gasteiger partial charge >= 0.3 is 0 Å². The van der Waals surface area contributed by atoms with Crippen LogP contribution in [0.15, 0.2) is 47.5 Å². The minimum Gasteiger partial charge on any atom is -0.493 e. The predicted octanol–water partition coefficient (Wildman–Crippen LogP) is 4.22. The van der Waals surface area contributed by atoms with E-state index in [1.54, 1.807) is 26.3 Å². The van der Waals surface area contributed by atoms with Gasteiger partial charge in [-0.05, 0) is 42.7 Å². The Morgan fingerprint density at radius 2 is 2.00 bits per heavy atom. The summed E-state index contributed by atoms with van der Waals surface area (Å²) in [6, 6.07) is 12.6. The number of hydrogen-bond acceptors (Lipinski definition) is 4. The number of aryl methyl sites for hydroxylation is 1. The lowest BCUT2D eigenvalue weighted by Gasteiger charge is -2.20. The van der Waals surface area contributed by atoms with Crippen molar-refractivity contribution in [3.63, 3.8) is 0 Å². The van der Waals surface area contributed by atoms with E-state index in [9.17, 15) is 4.39 Å². The highest BCUT2D eigenvalue weighted by Gasteiger charge is 2.17. The lowest BCUT2D eigenvalue weighted by molar-refractivity contribution is 0.106. The van der Waals surface area contributed by atoms with Gasteiger partial charge in [0.2, 0.25) is 0 Å². The van der Waals surface area contributed by atoms with Gasteiger partial charge < -0.3 is 24.8 Å². The zero-order chi connectivity index (χ0) is 22.1. The summed E-state index contributed by atoms with van der Waals surface area (Å²) in [7, 11) is 3.36. The number of nitrogens with one attached hydrogen (secondary N) is 2. The summed E-state index contributed by atoms with van der Waals surface area (Å²) >= 11 is 0. The van der Waals surface area contributed by atoms with Gasteiger partial charge in [0.1, 0.15) is 11.6 Å². The van der Waals surface area contributed by atoms with Gasteiger partial charge in [-0.2, -0.15) is 0 Å². The monoisotopic (exact) mass is 557 g/mol. The summed E-state index contributed by atoms with van der Waals surface area (Å²) < 4.78 is 30.3. The maximum atomic E-state index is 13.2. The van der Waals surface area contributed by atoms with Crippen LogP contribution in [-0.2, 0) is 16.0 Å². The Kier molecular flexibility index (Phi) is 11.2. The number of ether oxygens (including phenoxy) is 3. The molecule has 2 atom stereocenters. The molecule has 8 heteroatoms. The Hall–Kier alpha value is -1.91.